The zero-order valence-corrected chi connectivity index (χ0v) is 59.4. The summed E-state index contributed by atoms with van der Waals surface area (Å²) in [6.07, 6.45) is 102. The van der Waals surface area contributed by atoms with Gasteiger partial charge in [0.25, 0.3) is 7.82 Å². The molecule has 0 heterocycles. The van der Waals surface area contributed by atoms with E-state index in [0.29, 0.717) is 17.4 Å². The van der Waals surface area contributed by atoms with E-state index in [1.807, 2.05) is 21.1 Å². The monoisotopic (exact) mass is 1270 g/mol. The van der Waals surface area contributed by atoms with E-state index >= 15 is 0 Å². The first-order valence-electron chi connectivity index (χ1n) is 36.5. The van der Waals surface area contributed by atoms with Gasteiger partial charge in [-0.15, -0.1) is 0 Å². The second-order valence-electron chi connectivity index (χ2n) is 25.2. The Labute approximate surface area is 554 Å². The van der Waals surface area contributed by atoms with E-state index in [2.05, 4.69) is 160 Å². The summed E-state index contributed by atoms with van der Waals surface area (Å²) in [7, 11) is 1.13. The average molecular weight is 1270 g/mol. The molecule has 0 aromatic heterocycles. The molecule has 0 aromatic carbocycles. The van der Waals surface area contributed by atoms with Crippen molar-refractivity contribution in [2.75, 3.05) is 47.5 Å². The highest BCUT2D eigenvalue weighted by Crippen LogP contribution is 2.38. The van der Waals surface area contributed by atoms with Crippen LogP contribution in [0.3, 0.4) is 0 Å². The molecule has 0 rings (SSSR count). The first-order chi connectivity index (χ1) is 44.0. The molecule has 0 radical (unpaired) electrons. The first-order valence-corrected chi connectivity index (χ1v) is 38.0. The van der Waals surface area contributed by atoms with Gasteiger partial charge in [0.05, 0.1) is 27.7 Å². The van der Waals surface area contributed by atoms with E-state index < -0.39 is 32.5 Å². The van der Waals surface area contributed by atoms with Gasteiger partial charge in [-0.05, 0) is 116 Å². The summed E-state index contributed by atoms with van der Waals surface area (Å²) in [6, 6.07) is 0. The normalized spacial score (nSPS) is 14.0. The van der Waals surface area contributed by atoms with Gasteiger partial charge < -0.3 is 27.9 Å². The van der Waals surface area contributed by atoms with Crippen LogP contribution in [0.5, 0.6) is 0 Å². The predicted octanol–water partition coefficient (Wildman–Crippen LogP) is 23.5. The molecule has 2 unspecified atom stereocenters. The van der Waals surface area contributed by atoms with Gasteiger partial charge in [-0.3, -0.25) is 14.2 Å². The molecule has 0 saturated heterocycles. The van der Waals surface area contributed by atoms with Gasteiger partial charge in [-0.25, -0.2) is 0 Å². The van der Waals surface area contributed by atoms with Gasteiger partial charge in [-0.2, -0.15) is 0 Å². The maximum absolute atomic E-state index is 12.8. The van der Waals surface area contributed by atoms with Crippen LogP contribution in [0.2, 0.25) is 0 Å². The van der Waals surface area contributed by atoms with Crippen molar-refractivity contribution < 1.29 is 42.1 Å². The molecule has 90 heavy (non-hydrogen) atoms. The third kappa shape index (κ3) is 72.9. The highest BCUT2D eigenvalue weighted by Gasteiger charge is 2.22. The second-order valence-corrected chi connectivity index (χ2v) is 26.6. The number of allylic oxidation sites excluding steroid dienone is 24. The molecule has 0 N–H and O–H groups in total. The molecule has 0 aromatic rings. The number of ether oxygens (including phenoxy) is 2. The summed E-state index contributed by atoms with van der Waals surface area (Å²) in [6.45, 7) is 3.97. The van der Waals surface area contributed by atoms with Crippen LogP contribution >= 0.6 is 7.82 Å². The third-order valence-electron chi connectivity index (χ3n) is 15.4. The fraction of sp³-hybridized carbons (Fsp3) is 0.675. The van der Waals surface area contributed by atoms with Gasteiger partial charge in [-0.1, -0.05) is 314 Å². The average Bonchev–Trinajstić information content (AvgIpc) is 3.61. The summed E-state index contributed by atoms with van der Waals surface area (Å²) < 4.78 is 34.3. The molecular weight excluding hydrogens is 1130 g/mol. The topological polar surface area (TPSA) is 111 Å². The molecule has 0 bridgehead atoms. The Bertz CT molecular complexity index is 2030. The number of nitrogens with zero attached hydrogens (tertiary/aromatic N) is 1. The van der Waals surface area contributed by atoms with Crippen LogP contribution in [0, 0.1) is 0 Å². The molecule has 10 heteroatoms. The molecule has 0 spiro atoms. The summed E-state index contributed by atoms with van der Waals surface area (Å²) >= 11 is 0. The van der Waals surface area contributed by atoms with E-state index in [4.69, 9.17) is 18.5 Å². The Hall–Kier alpha value is -4.11. The molecule has 514 valence electrons. The number of phosphoric acid groups is 1. The van der Waals surface area contributed by atoms with Crippen molar-refractivity contribution >= 4 is 19.8 Å². The molecule has 0 aliphatic heterocycles. The van der Waals surface area contributed by atoms with Crippen molar-refractivity contribution in [1.29, 1.82) is 0 Å². The highest BCUT2D eigenvalue weighted by molar-refractivity contribution is 7.45. The number of unbranched alkanes of at least 4 members (excludes halogenated alkanes) is 28. The van der Waals surface area contributed by atoms with Crippen LogP contribution in [0.4, 0.5) is 0 Å². The number of rotatable bonds is 66. The number of hydrogen-bond acceptors (Lipinski definition) is 8. The number of hydrogen-bond donors (Lipinski definition) is 0. The van der Waals surface area contributed by atoms with Gasteiger partial charge in [0.1, 0.15) is 19.8 Å². The number of quaternary nitrogens is 1. The van der Waals surface area contributed by atoms with Crippen molar-refractivity contribution in [3.63, 3.8) is 0 Å². The lowest BCUT2D eigenvalue weighted by atomic mass is 10.0. The lowest BCUT2D eigenvalue weighted by Crippen LogP contribution is -2.37. The SMILES string of the molecule is CC/C=C\C/C=C\C/C=C\C/C=C\C/C=C\C/C=C\C/C=C\C/C=C\CCCCC(=O)OC(COC(=O)CCCCCCCCCCCCCCCCCCCCCCCCCCCC/C=C\C/C=C\C/C=C\C/C=C\CC)COP(=O)([O-])OCC[N+](C)(C)C. The molecule has 0 amide bonds. The lowest BCUT2D eigenvalue weighted by Gasteiger charge is -2.28. The van der Waals surface area contributed by atoms with Crippen molar-refractivity contribution in [2.45, 2.75) is 302 Å². The minimum atomic E-state index is -4.66. The van der Waals surface area contributed by atoms with Crippen LogP contribution < -0.4 is 4.89 Å². The minimum absolute atomic E-state index is 0.0453. The fourth-order valence-corrected chi connectivity index (χ4v) is 10.6. The van der Waals surface area contributed by atoms with Gasteiger partial charge >= 0.3 is 11.9 Å². The minimum Gasteiger partial charge on any atom is -0.756 e. The van der Waals surface area contributed by atoms with Crippen molar-refractivity contribution in [3.05, 3.63) is 146 Å². The molecule has 2 atom stereocenters. The van der Waals surface area contributed by atoms with E-state index in [-0.39, 0.29) is 26.1 Å². The van der Waals surface area contributed by atoms with Crippen LogP contribution in [0.15, 0.2) is 146 Å². The lowest BCUT2D eigenvalue weighted by molar-refractivity contribution is -0.870. The summed E-state index contributed by atoms with van der Waals surface area (Å²) in [5.74, 6) is -0.884. The summed E-state index contributed by atoms with van der Waals surface area (Å²) in [5, 5.41) is 0. The Morgan fingerprint density at radius 2 is 0.600 bits per heavy atom. The standard InChI is InChI=1S/C80H136NO8P/c1-6-8-10-12-14-16-18-20-22-24-26-28-30-32-34-35-36-37-38-39-40-41-42-43-44-45-47-48-50-52-54-56-58-60-62-64-66-68-70-72-79(82)86-76-78(77-88-90(84,85)87-75-74-81(3,4)5)89-80(83)73-71-69-67-65-63-61-59-57-55-53-51-49-46-33-31-29-27-25-23-21-19-17-15-13-11-9-7-2/h8-11,14-17,20-23,26-29,33,46,51,53,57,59,63,65,78H,6-7,12-13,18-19,24-25,30-32,34-45,47-50,52,54-56,58,60-62,64,66-77H2,1-5H3/b10-8-,11-9-,16-14-,17-15-,22-20-,23-21-,28-26-,29-27-,46-33-,53-51-,59-57-,65-63-. The Balaban J connectivity index is 4.04. The predicted molar refractivity (Wildman–Crippen MR) is 387 cm³/mol. The smallest absolute Gasteiger partial charge is 0.306 e. The van der Waals surface area contributed by atoms with Crippen LogP contribution in [0.1, 0.15) is 296 Å². The highest BCUT2D eigenvalue weighted by atomic mass is 31.2. The van der Waals surface area contributed by atoms with E-state index in [9.17, 15) is 19.0 Å². The molecule has 0 aliphatic carbocycles. The van der Waals surface area contributed by atoms with Crippen LogP contribution in [-0.4, -0.2) is 70.0 Å². The Morgan fingerprint density at radius 1 is 0.344 bits per heavy atom. The van der Waals surface area contributed by atoms with Crippen molar-refractivity contribution in [3.8, 4) is 0 Å². The van der Waals surface area contributed by atoms with Crippen LogP contribution in [0.25, 0.3) is 0 Å². The molecule has 0 aliphatic rings. The largest absolute Gasteiger partial charge is 0.756 e. The second kappa shape index (κ2) is 69.2. The molecular formula is C80H136NO8P. The van der Waals surface area contributed by atoms with E-state index in [1.165, 1.54) is 154 Å². The summed E-state index contributed by atoms with van der Waals surface area (Å²) in [4.78, 5) is 38.1. The number of carbonyl (C=O) groups excluding carboxylic acids is 2. The summed E-state index contributed by atoms with van der Waals surface area (Å²) in [5.41, 5.74) is 0. The molecule has 0 saturated carbocycles. The first kappa shape index (κ1) is 85.9. The number of carbonyl (C=O) groups is 2. The van der Waals surface area contributed by atoms with Gasteiger partial charge in [0.2, 0.25) is 0 Å². The Morgan fingerprint density at radius 3 is 0.911 bits per heavy atom. The Kier molecular flexibility index (Phi) is 66.1. The molecule has 9 nitrogen and oxygen atoms in total. The number of phosphoric ester groups is 1. The van der Waals surface area contributed by atoms with Gasteiger partial charge in [0.15, 0.2) is 6.10 Å². The van der Waals surface area contributed by atoms with Crippen molar-refractivity contribution in [1.82, 2.24) is 0 Å². The van der Waals surface area contributed by atoms with E-state index in [0.717, 1.165) is 109 Å². The third-order valence-corrected chi connectivity index (χ3v) is 16.3. The number of likely N-dealkylation sites (N-methyl/N-ethyl adjacent to an activating group) is 1. The quantitative estimate of drug-likeness (QED) is 0.0195. The maximum atomic E-state index is 12.8. The number of esters is 2. The maximum Gasteiger partial charge on any atom is 0.306 e. The van der Waals surface area contributed by atoms with Crippen LogP contribution in [-0.2, 0) is 32.7 Å². The molecule has 0 fully saturated rings. The zero-order valence-electron chi connectivity index (χ0n) is 58.5. The van der Waals surface area contributed by atoms with E-state index in [1.54, 1.807) is 0 Å². The zero-order chi connectivity index (χ0) is 65.5. The van der Waals surface area contributed by atoms with Crippen molar-refractivity contribution in [2.24, 2.45) is 0 Å². The fourth-order valence-electron chi connectivity index (χ4n) is 9.84. The van der Waals surface area contributed by atoms with Gasteiger partial charge in [0, 0.05) is 12.8 Å².